The van der Waals surface area contributed by atoms with Crippen molar-refractivity contribution in [3.05, 3.63) is 40.4 Å². The molecule has 0 saturated carbocycles. The van der Waals surface area contributed by atoms with Gasteiger partial charge in [-0.25, -0.2) is 8.42 Å². The van der Waals surface area contributed by atoms with Crippen LogP contribution in [-0.2, 0) is 16.6 Å². The molecule has 0 unspecified atom stereocenters. The molecule has 0 aliphatic carbocycles. The quantitative estimate of drug-likeness (QED) is 0.602. The number of benzene rings is 2. The Morgan fingerprint density at radius 2 is 1.52 bits per heavy atom. The van der Waals surface area contributed by atoms with Crippen LogP contribution in [0.2, 0.25) is 0 Å². The third-order valence-corrected chi connectivity index (χ3v) is 6.77. The Kier molecular flexibility index (Phi) is 6.96. The lowest BCUT2D eigenvalue weighted by Gasteiger charge is -2.21. The standard InChI is InChI=1S/C18H22BrNO6S/c1-20(11-12-7-6-8-14(23-2)18(12)26-5)27(21,22)17-10-16(25-4)15(24-3)9-13(17)19/h6-10H,11H2,1-5H3. The fourth-order valence-corrected chi connectivity index (χ4v) is 4.75. The van der Waals surface area contributed by atoms with E-state index in [1.54, 1.807) is 24.3 Å². The number of nitrogens with zero attached hydrogens (tertiary/aromatic N) is 1. The first-order valence-electron chi connectivity index (χ1n) is 7.87. The zero-order valence-electron chi connectivity index (χ0n) is 15.8. The Morgan fingerprint density at radius 3 is 2.07 bits per heavy atom. The Hall–Kier alpha value is -1.97. The summed E-state index contributed by atoms with van der Waals surface area (Å²) in [6, 6.07) is 8.31. The highest BCUT2D eigenvalue weighted by atomic mass is 79.9. The summed E-state index contributed by atoms with van der Waals surface area (Å²) in [5.74, 6) is 1.79. The lowest BCUT2D eigenvalue weighted by Crippen LogP contribution is -2.27. The molecule has 0 bridgehead atoms. The maximum absolute atomic E-state index is 13.1. The zero-order chi connectivity index (χ0) is 20.2. The van der Waals surface area contributed by atoms with Crippen molar-refractivity contribution in [2.24, 2.45) is 0 Å². The van der Waals surface area contributed by atoms with Crippen LogP contribution in [0, 0.1) is 0 Å². The molecule has 0 heterocycles. The number of sulfonamides is 1. The smallest absolute Gasteiger partial charge is 0.244 e. The van der Waals surface area contributed by atoms with Gasteiger partial charge < -0.3 is 18.9 Å². The summed E-state index contributed by atoms with van der Waals surface area (Å²) in [4.78, 5) is 0.0736. The van der Waals surface area contributed by atoms with E-state index in [-0.39, 0.29) is 11.4 Å². The van der Waals surface area contributed by atoms with Crippen LogP contribution in [-0.4, -0.2) is 48.2 Å². The van der Waals surface area contributed by atoms with Crippen molar-refractivity contribution >= 4 is 26.0 Å². The van der Waals surface area contributed by atoms with Gasteiger partial charge in [0.2, 0.25) is 10.0 Å². The normalized spacial score (nSPS) is 11.4. The van der Waals surface area contributed by atoms with Crippen LogP contribution in [0.25, 0.3) is 0 Å². The number of ether oxygens (including phenoxy) is 4. The second-order valence-corrected chi connectivity index (χ2v) is 8.42. The van der Waals surface area contributed by atoms with E-state index in [2.05, 4.69) is 15.9 Å². The van der Waals surface area contributed by atoms with Crippen molar-refractivity contribution in [2.75, 3.05) is 35.5 Å². The second kappa shape index (κ2) is 8.81. The van der Waals surface area contributed by atoms with E-state index < -0.39 is 10.0 Å². The molecule has 27 heavy (non-hydrogen) atoms. The molecule has 0 radical (unpaired) electrons. The van der Waals surface area contributed by atoms with Crippen LogP contribution in [0.15, 0.2) is 39.7 Å². The van der Waals surface area contributed by atoms with E-state index in [4.69, 9.17) is 18.9 Å². The molecule has 0 amide bonds. The number of halogens is 1. The molecule has 0 aliphatic heterocycles. The van der Waals surface area contributed by atoms with Gasteiger partial charge in [0.05, 0.1) is 28.4 Å². The van der Waals surface area contributed by atoms with E-state index in [0.29, 0.717) is 33.0 Å². The van der Waals surface area contributed by atoms with Gasteiger partial charge in [0.25, 0.3) is 0 Å². The Bertz CT molecular complexity index is 916. The summed E-state index contributed by atoms with van der Waals surface area (Å²) in [6.45, 7) is 0.101. The highest BCUT2D eigenvalue weighted by Gasteiger charge is 2.27. The average Bonchev–Trinajstić information content (AvgIpc) is 2.66. The second-order valence-electron chi connectivity index (χ2n) is 5.55. The van der Waals surface area contributed by atoms with E-state index >= 15 is 0 Å². The van der Waals surface area contributed by atoms with Crippen molar-refractivity contribution in [1.82, 2.24) is 4.31 Å². The molecule has 0 saturated heterocycles. The molecule has 2 rings (SSSR count). The molecule has 2 aromatic carbocycles. The Morgan fingerprint density at radius 1 is 0.926 bits per heavy atom. The predicted octanol–water partition coefficient (Wildman–Crippen LogP) is 3.30. The van der Waals surface area contributed by atoms with Gasteiger partial charge in [-0.15, -0.1) is 0 Å². The molecule has 9 heteroatoms. The first-order valence-corrected chi connectivity index (χ1v) is 10.1. The first-order chi connectivity index (χ1) is 12.8. The lowest BCUT2D eigenvalue weighted by molar-refractivity contribution is 0.347. The molecule has 148 valence electrons. The van der Waals surface area contributed by atoms with Crippen molar-refractivity contribution < 1.29 is 27.4 Å². The first kappa shape index (κ1) is 21.3. The van der Waals surface area contributed by atoms with Gasteiger partial charge in [0.1, 0.15) is 4.90 Å². The lowest BCUT2D eigenvalue weighted by atomic mass is 10.2. The van der Waals surface area contributed by atoms with Gasteiger partial charge in [-0.3, -0.25) is 0 Å². The van der Waals surface area contributed by atoms with Gasteiger partial charge in [-0.05, 0) is 28.1 Å². The van der Waals surface area contributed by atoms with Gasteiger partial charge in [-0.2, -0.15) is 4.31 Å². The van der Waals surface area contributed by atoms with E-state index in [1.165, 1.54) is 45.9 Å². The topological polar surface area (TPSA) is 74.3 Å². The maximum atomic E-state index is 13.1. The largest absolute Gasteiger partial charge is 0.493 e. The molecule has 0 aromatic heterocycles. The van der Waals surface area contributed by atoms with Gasteiger partial charge in [0.15, 0.2) is 23.0 Å². The van der Waals surface area contributed by atoms with Crippen LogP contribution < -0.4 is 18.9 Å². The van der Waals surface area contributed by atoms with Crippen molar-refractivity contribution in [1.29, 1.82) is 0 Å². The molecule has 7 nitrogen and oxygen atoms in total. The Balaban J connectivity index is 2.43. The van der Waals surface area contributed by atoms with Crippen LogP contribution in [0.1, 0.15) is 5.56 Å². The van der Waals surface area contributed by atoms with E-state index in [1.807, 2.05) is 0 Å². The Labute approximate surface area is 168 Å². The maximum Gasteiger partial charge on any atom is 0.244 e. The molecule has 0 aliphatic rings. The summed E-state index contributed by atoms with van der Waals surface area (Å²) in [5, 5.41) is 0. The number of hydrogen-bond donors (Lipinski definition) is 0. The van der Waals surface area contributed by atoms with Crippen LogP contribution in [0.3, 0.4) is 0 Å². The summed E-state index contributed by atoms with van der Waals surface area (Å²) in [7, 11) is 3.66. The van der Waals surface area contributed by atoms with Crippen LogP contribution in [0.5, 0.6) is 23.0 Å². The third-order valence-electron chi connectivity index (χ3n) is 4.00. The molecule has 0 fully saturated rings. The van der Waals surface area contributed by atoms with Gasteiger partial charge >= 0.3 is 0 Å². The number of para-hydroxylation sites is 1. The van der Waals surface area contributed by atoms with E-state index in [0.717, 1.165) is 0 Å². The molecular weight excluding hydrogens is 438 g/mol. The molecule has 2 aromatic rings. The summed E-state index contributed by atoms with van der Waals surface area (Å²) >= 11 is 3.31. The molecule has 0 N–H and O–H groups in total. The summed E-state index contributed by atoms with van der Waals surface area (Å²) in [5.41, 5.74) is 0.680. The minimum absolute atomic E-state index is 0.0736. The minimum atomic E-state index is -3.82. The minimum Gasteiger partial charge on any atom is -0.493 e. The van der Waals surface area contributed by atoms with Crippen molar-refractivity contribution in [2.45, 2.75) is 11.4 Å². The highest BCUT2D eigenvalue weighted by molar-refractivity contribution is 9.10. The predicted molar refractivity (Wildman–Crippen MR) is 105 cm³/mol. The number of hydrogen-bond acceptors (Lipinski definition) is 6. The molecule has 0 spiro atoms. The molecule has 0 atom stereocenters. The zero-order valence-corrected chi connectivity index (χ0v) is 18.2. The third kappa shape index (κ3) is 4.31. The van der Waals surface area contributed by atoms with Crippen molar-refractivity contribution in [3.8, 4) is 23.0 Å². The summed E-state index contributed by atoms with van der Waals surface area (Å²) in [6.07, 6.45) is 0. The van der Waals surface area contributed by atoms with Gasteiger partial charge in [0, 0.05) is 29.7 Å². The van der Waals surface area contributed by atoms with Crippen LogP contribution >= 0.6 is 15.9 Å². The van der Waals surface area contributed by atoms with E-state index in [9.17, 15) is 8.42 Å². The fourth-order valence-electron chi connectivity index (χ4n) is 2.60. The number of methoxy groups -OCH3 is 4. The molecular formula is C18H22BrNO6S. The van der Waals surface area contributed by atoms with Gasteiger partial charge in [-0.1, -0.05) is 12.1 Å². The van der Waals surface area contributed by atoms with Crippen molar-refractivity contribution in [3.63, 3.8) is 0 Å². The SMILES string of the molecule is COc1cc(Br)c(S(=O)(=O)N(C)Cc2cccc(OC)c2OC)cc1OC. The average molecular weight is 460 g/mol. The highest BCUT2D eigenvalue weighted by Crippen LogP contribution is 2.37. The fraction of sp³-hybridized carbons (Fsp3) is 0.333. The monoisotopic (exact) mass is 459 g/mol. The number of rotatable bonds is 8. The summed E-state index contributed by atoms with van der Waals surface area (Å²) < 4.78 is 48.9. The van der Waals surface area contributed by atoms with Crippen LogP contribution in [0.4, 0.5) is 0 Å².